The van der Waals surface area contributed by atoms with Crippen molar-refractivity contribution in [1.82, 2.24) is 0 Å². The van der Waals surface area contributed by atoms with E-state index >= 15 is 0 Å². The van der Waals surface area contributed by atoms with Gasteiger partial charge < -0.3 is 20.9 Å². The monoisotopic (exact) mass is 358 g/mol. The lowest BCUT2D eigenvalue weighted by Gasteiger charge is -2.28. The molecule has 0 aromatic heterocycles. The third-order valence-corrected chi connectivity index (χ3v) is 4.73. The van der Waals surface area contributed by atoms with Crippen LogP contribution in [0.4, 0.5) is 15.8 Å². The highest BCUT2D eigenvalue weighted by Crippen LogP contribution is 2.35. The number of alkyl halides is 1. The summed E-state index contributed by atoms with van der Waals surface area (Å²) in [5.41, 5.74) is 13.9. The summed E-state index contributed by atoms with van der Waals surface area (Å²) in [6, 6.07) is 12.3. The van der Waals surface area contributed by atoms with E-state index in [9.17, 15) is 9.18 Å². The summed E-state index contributed by atoms with van der Waals surface area (Å²) < 4.78 is 22.6. The molecule has 0 radical (unpaired) electrons. The van der Waals surface area contributed by atoms with Crippen molar-refractivity contribution in [2.75, 3.05) is 18.3 Å². The minimum Gasteiger partial charge on any atom is -0.463 e. The van der Waals surface area contributed by atoms with Gasteiger partial charge in [-0.2, -0.15) is 0 Å². The summed E-state index contributed by atoms with van der Waals surface area (Å²) in [7, 11) is 0. The number of rotatable bonds is 5. The first-order valence-corrected chi connectivity index (χ1v) is 8.71. The normalized spacial score (nSPS) is 19.7. The minimum absolute atomic E-state index is 0.101. The first kappa shape index (κ1) is 18.0. The van der Waals surface area contributed by atoms with Crippen molar-refractivity contribution in [3.05, 3.63) is 53.6 Å². The van der Waals surface area contributed by atoms with Crippen LogP contribution in [0.15, 0.2) is 42.5 Å². The second kappa shape index (κ2) is 8.08. The summed E-state index contributed by atoms with van der Waals surface area (Å²) in [6.07, 6.45) is 3.37. The van der Waals surface area contributed by atoms with Gasteiger partial charge in [0.05, 0.1) is 5.56 Å². The maximum absolute atomic E-state index is 12.3. The molecule has 0 heterocycles. The highest BCUT2D eigenvalue weighted by atomic mass is 19.1. The molecule has 1 saturated carbocycles. The maximum Gasteiger partial charge on any atom is 0.338 e. The van der Waals surface area contributed by atoms with E-state index in [2.05, 4.69) is 0 Å². The molecule has 138 valence electrons. The van der Waals surface area contributed by atoms with Crippen molar-refractivity contribution >= 4 is 17.3 Å². The molecular weight excluding hydrogens is 335 g/mol. The van der Waals surface area contributed by atoms with Crippen LogP contribution in [-0.4, -0.2) is 18.9 Å². The Morgan fingerprint density at radius 3 is 2.19 bits per heavy atom. The quantitative estimate of drug-likeness (QED) is 0.622. The van der Waals surface area contributed by atoms with E-state index in [1.807, 2.05) is 12.1 Å². The van der Waals surface area contributed by atoms with E-state index in [-0.39, 0.29) is 12.1 Å². The Bertz CT molecular complexity index is 736. The molecule has 0 saturated heterocycles. The topological polar surface area (TPSA) is 87.6 Å². The number of halogens is 1. The Morgan fingerprint density at radius 2 is 1.62 bits per heavy atom. The van der Waals surface area contributed by atoms with Gasteiger partial charge in [0.15, 0.2) is 0 Å². The van der Waals surface area contributed by atoms with Crippen LogP contribution in [0.5, 0.6) is 5.75 Å². The molecule has 26 heavy (non-hydrogen) atoms. The van der Waals surface area contributed by atoms with Crippen molar-refractivity contribution in [2.24, 2.45) is 0 Å². The van der Waals surface area contributed by atoms with E-state index in [4.69, 9.17) is 20.9 Å². The van der Waals surface area contributed by atoms with Crippen LogP contribution < -0.4 is 16.2 Å². The maximum atomic E-state index is 12.3. The van der Waals surface area contributed by atoms with Crippen molar-refractivity contribution < 1.29 is 18.7 Å². The van der Waals surface area contributed by atoms with Gasteiger partial charge in [-0.25, -0.2) is 9.18 Å². The molecule has 2 aromatic rings. The zero-order valence-electron chi connectivity index (χ0n) is 14.5. The van der Waals surface area contributed by atoms with Gasteiger partial charge in [0.1, 0.15) is 11.9 Å². The zero-order valence-corrected chi connectivity index (χ0v) is 14.5. The van der Waals surface area contributed by atoms with E-state index in [0.717, 1.165) is 25.7 Å². The zero-order chi connectivity index (χ0) is 18.5. The predicted molar refractivity (Wildman–Crippen MR) is 98.7 cm³/mol. The molecule has 1 fully saturated rings. The molecule has 0 aliphatic heterocycles. The fraction of sp³-hybridized carbons (Fsp3) is 0.350. The molecule has 6 heteroatoms. The second-order valence-electron chi connectivity index (χ2n) is 6.59. The largest absolute Gasteiger partial charge is 0.463 e. The lowest BCUT2D eigenvalue weighted by atomic mass is 9.83. The minimum atomic E-state index is -0.825. The number of hydrogen-bond acceptors (Lipinski definition) is 5. The number of anilines is 2. The third-order valence-electron chi connectivity index (χ3n) is 4.73. The Morgan fingerprint density at radius 1 is 1.00 bits per heavy atom. The average molecular weight is 358 g/mol. The molecule has 1 aliphatic rings. The van der Waals surface area contributed by atoms with Gasteiger partial charge in [-0.05, 0) is 67.5 Å². The number of carbonyl (C=O) groups excluding carboxylic acids is 1. The predicted octanol–water partition coefficient (Wildman–Crippen LogP) is 4.04. The van der Waals surface area contributed by atoms with Crippen molar-refractivity contribution in [1.29, 1.82) is 0 Å². The van der Waals surface area contributed by atoms with Crippen LogP contribution in [0.1, 0.15) is 47.5 Å². The van der Waals surface area contributed by atoms with Crippen LogP contribution in [0, 0.1) is 0 Å². The van der Waals surface area contributed by atoms with Crippen molar-refractivity contribution in [2.45, 2.75) is 37.7 Å². The summed E-state index contributed by atoms with van der Waals surface area (Å²) in [5.74, 6) is 0.549. The Hall–Kier alpha value is -2.76. The van der Waals surface area contributed by atoms with Crippen LogP contribution in [-0.2, 0) is 4.74 Å². The summed E-state index contributed by atoms with van der Waals surface area (Å²) in [6.45, 7) is -0.825. The number of nitrogen functional groups attached to an aromatic ring is 2. The fourth-order valence-corrected chi connectivity index (χ4v) is 3.43. The summed E-state index contributed by atoms with van der Waals surface area (Å²) >= 11 is 0. The first-order chi connectivity index (χ1) is 12.5. The van der Waals surface area contributed by atoms with E-state index in [1.165, 1.54) is 5.56 Å². The van der Waals surface area contributed by atoms with E-state index in [1.54, 1.807) is 30.3 Å². The molecule has 0 unspecified atom stereocenters. The molecule has 0 amide bonds. The van der Waals surface area contributed by atoms with Crippen LogP contribution in [0.25, 0.3) is 0 Å². The van der Waals surface area contributed by atoms with Crippen LogP contribution in [0.2, 0.25) is 0 Å². The number of carbonyl (C=O) groups is 1. The molecule has 3 rings (SSSR count). The average Bonchev–Trinajstić information content (AvgIpc) is 2.62. The lowest BCUT2D eigenvalue weighted by Crippen LogP contribution is -2.24. The Kier molecular flexibility index (Phi) is 5.61. The first-order valence-electron chi connectivity index (χ1n) is 8.71. The van der Waals surface area contributed by atoms with Gasteiger partial charge in [0, 0.05) is 11.4 Å². The molecule has 1 aliphatic carbocycles. The Labute approximate surface area is 152 Å². The van der Waals surface area contributed by atoms with Gasteiger partial charge in [-0.1, -0.05) is 12.1 Å². The molecule has 0 atom stereocenters. The second-order valence-corrected chi connectivity index (χ2v) is 6.59. The number of ether oxygens (including phenoxy) is 2. The van der Waals surface area contributed by atoms with Crippen molar-refractivity contribution in [3.8, 4) is 5.75 Å². The lowest BCUT2D eigenvalue weighted by molar-refractivity contribution is 0.0195. The van der Waals surface area contributed by atoms with Crippen LogP contribution in [0.3, 0.4) is 0 Å². The van der Waals surface area contributed by atoms with Gasteiger partial charge in [-0.15, -0.1) is 0 Å². The van der Waals surface area contributed by atoms with Gasteiger partial charge >= 0.3 is 5.97 Å². The molecule has 2 aromatic carbocycles. The molecular formula is C20H23FN2O3. The summed E-state index contributed by atoms with van der Waals surface area (Å²) in [4.78, 5) is 12.3. The molecule has 5 nitrogen and oxygen atoms in total. The molecule has 4 N–H and O–H groups in total. The number of nitrogens with two attached hydrogens (primary N) is 2. The molecule has 0 bridgehead atoms. The Balaban J connectivity index is 1.54. The van der Waals surface area contributed by atoms with E-state index in [0.29, 0.717) is 28.6 Å². The van der Waals surface area contributed by atoms with Gasteiger partial charge in [0.2, 0.25) is 6.86 Å². The summed E-state index contributed by atoms with van der Waals surface area (Å²) in [5, 5.41) is 0. The molecule has 0 spiro atoms. The third kappa shape index (κ3) is 4.45. The number of esters is 1. The SMILES string of the molecule is Nc1cc(N)cc(C(=O)OC2CCC(c3ccc(OCF)cc3)CC2)c1. The number of benzene rings is 2. The number of hydrogen-bond donors (Lipinski definition) is 2. The highest BCUT2D eigenvalue weighted by Gasteiger charge is 2.25. The fourth-order valence-electron chi connectivity index (χ4n) is 3.43. The van der Waals surface area contributed by atoms with Gasteiger partial charge in [-0.3, -0.25) is 0 Å². The van der Waals surface area contributed by atoms with Crippen LogP contribution >= 0.6 is 0 Å². The highest BCUT2D eigenvalue weighted by molar-refractivity contribution is 5.91. The van der Waals surface area contributed by atoms with E-state index < -0.39 is 6.86 Å². The smallest absolute Gasteiger partial charge is 0.338 e. The van der Waals surface area contributed by atoms with Gasteiger partial charge in [0.25, 0.3) is 0 Å². The standard InChI is InChI=1S/C20H23FN2O3/c21-12-25-18-5-1-13(2-6-18)14-3-7-19(8-4-14)26-20(24)15-9-16(22)11-17(23)10-15/h1-2,5-6,9-11,14,19H,3-4,7-8,12,22-23H2. The van der Waals surface area contributed by atoms with Crippen molar-refractivity contribution in [3.63, 3.8) is 0 Å².